The van der Waals surface area contributed by atoms with Crippen LogP contribution in [0.1, 0.15) is 44.0 Å². The summed E-state index contributed by atoms with van der Waals surface area (Å²) in [5.74, 6) is 2.30. The van der Waals surface area contributed by atoms with Gasteiger partial charge in [-0.15, -0.1) is 0 Å². The Kier molecular flexibility index (Phi) is 5.55. The number of benzene rings is 1. The molecule has 1 aliphatic carbocycles. The molecule has 1 unspecified atom stereocenters. The van der Waals surface area contributed by atoms with E-state index in [1.165, 1.54) is 12.8 Å². The molecule has 7 nitrogen and oxygen atoms in total. The van der Waals surface area contributed by atoms with E-state index in [0.29, 0.717) is 24.8 Å². The fraction of sp³-hybridized carbons (Fsp3) is 0.400. The number of aromatic amines is 1. The molecular formula is C25H29N5O2. The van der Waals surface area contributed by atoms with Gasteiger partial charge in [-0.1, -0.05) is 19.1 Å². The quantitative estimate of drug-likeness (QED) is 0.555. The van der Waals surface area contributed by atoms with Crippen LogP contribution >= 0.6 is 0 Å². The summed E-state index contributed by atoms with van der Waals surface area (Å²) in [6.07, 6.45) is 6.98. The van der Waals surface area contributed by atoms with E-state index in [9.17, 15) is 4.79 Å². The summed E-state index contributed by atoms with van der Waals surface area (Å²) in [5, 5.41) is 6.89. The van der Waals surface area contributed by atoms with Crippen LogP contribution in [-0.2, 0) is 6.42 Å². The average Bonchev–Trinajstić information content (AvgIpc) is 3.34. The molecule has 7 heteroatoms. The number of urea groups is 1. The number of anilines is 1. The largest absolute Gasteiger partial charge is 0.493 e. The van der Waals surface area contributed by atoms with Crippen LogP contribution in [0.25, 0.3) is 11.1 Å². The van der Waals surface area contributed by atoms with Crippen molar-refractivity contribution >= 4 is 11.8 Å². The molecule has 32 heavy (non-hydrogen) atoms. The van der Waals surface area contributed by atoms with Gasteiger partial charge in [-0.25, -0.2) is 9.78 Å². The third kappa shape index (κ3) is 4.07. The molecule has 2 aliphatic rings. The van der Waals surface area contributed by atoms with Crippen molar-refractivity contribution in [3.8, 4) is 16.9 Å². The van der Waals surface area contributed by atoms with Gasteiger partial charge >= 0.3 is 6.03 Å². The minimum absolute atomic E-state index is 0.00702. The molecule has 5 rings (SSSR count). The predicted octanol–water partition coefficient (Wildman–Crippen LogP) is 4.83. The molecule has 3 heterocycles. The summed E-state index contributed by atoms with van der Waals surface area (Å²) in [5.41, 5.74) is 4.10. The Bertz CT molecular complexity index is 1090. The zero-order valence-corrected chi connectivity index (χ0v) is 18.6. The second kappa shape index (κ2) is 8.65. The normalized spacial score (nSPS) is 17.1. The molecule has 1 saturated heterocycles. The summed E-state index contributed by atoms with van der Waals surface area (Å²) in [7, 11) is 0. The van der Waals surface area contributed by atoms with Gasteiger partial charge in [-0.2, -0.15) is 5.10 Å². The van der Waals surface area contributed by atoms with E-state index in [0.717, 1.165) is 41.2 Å². The number of H-pyrrole nitrogens is 1. The molecular weight excluding hydrogens is 402 g/mol. The lowest BCUT2D eigenvalue weighted by molar-refractivity contribution is 0.205. The maximum Gasteiger partial charge on any atom is 0.326 e. The van der Waals surface area contributed by atoms with Crippen LogP contribution in [-0.4, -0.2) is 45.8 Å². The van der Waals surface area contributed by atoms with Gasteiger partial charge in [0.15, 0.2) is 0 Å². The molecule has 1 aromatic carbocycles. The summed E-state index contributed by atoms with van der Waals surface area (Å²) in [6, 6.07) is 12.1. The number of carbonyl (C=O) groups excluding carboxylic acids is 1. The van der Waals surface area contributed by atoms with Crippen molar-refractivity contribution in [1.29, 1.82) is 0 Å². The Morgan fingerprint density at radius 1 is 1.22 bits per heavy atom. The molecule has 2 aromatic heterocycles. The van der Waals surface area contributed by atoms with Crippen LogP contribution in [0.2, 0.25) is 0 Å². The van der Waals surface area contributed by atoms with Crippen molar-refractivity contribution in [2.75, 3.05) is 24.6 Å². The lowest BCUT2D eigenvalue weighted by atomic mass is 10.1. The third-order valence-electron chi connectivity index (χ3n) is 6.41. The second-order valence-electron chi connectivity index (χ2n) is 8.63. The topological polar surface area (TPSA) is 74.3 Å². The lowest BCUT2D eigenvalue weighted by Gasteiger charge is -2.25. The van der Waals surface area contributed by atoms with Crippen molar-refractivity contribution in [3.05, 3.63) is 60.0 Å². The molecule has 2 amide bonds. The van der Waals surface area contributed by atoms with E-state index >= 15 is 0 Å². The Morgan fingerprint density at radius 2 is 2.09 bits per heavy atom. The Labute approximate surface area is 188 Å². The second-order valence-corrected chi connectivity index (χ2v) is 8.63. The van der Waals surface area contributed by atoms with Crippen molar-refractivity contribution in [3.63, 3.8) is 0 Å². The Morgan fingerprint density at radius 3 is 2.84 bits per heavy atom. The van der Waals surface area contributed by atoms with Gasteiger partial charge in [0.05, 0.1) is 24.5 Å². The number of rotatable bonds is 8. The van der Waals surface area contributed by atoms with Crippen LogP contribution in [0.5, 0.6) is 5.75 Å². The summed E-state index contributed by atoms with van der Waals surface area (Å²) < 4.78 is 5.94. The lowest BCUT2D eigenvalue weighted by Crippen LogP contribution is -2.34. The van der Waals surface area contributed by atoms with E-state index in [1.807, 2.05) is 35.4 Å². The van der Waals surface area contributed by atoms with Crippen molar-refractivity contribution in [2.45, 2.75) is 39.2 Å². The number of hydrogen-bond donors (Lipinski definition) is 1. The summed E-state index contributed by atoms with van der Waals surface area (Å²) in [4.78, 5) is 21.8. The maximum atomic E-state index is 13.3. The van der Waals surface area contributed by atoms with Gasteiger partial charge < -0.3 is 9.64 Å². The number of nitrogens with one attached hydrogen (secondary N) is 1. The highest BCUT2D eigenvalue weighted by Gasteiger charge is 2.34. The van der Waals surface area contributed by atoms with Gasteiger partial charge in [-0.05, 0) is 61.9 Å². The van der Waals surface area contributed by atoms with Crippen LogP contribution in [0, 0.1) is 5.92 Å². The third-order valence-corrected chi connectivity index (χ3v) is 6.41. The highest BCUT2D eigenvalue weighted by molar-refractivity contribution is 5.93. The average molecular weight is 432 g/mol. The van der Waals surface area contributed by atoms with E-state index < -0.39 is 0 Å². The van der Waals surface area contributed by atoms with Crippen LogP contribution in [0.15, 0.2) is 48.8 Å². The van der Waals surface area contributed by atoms with Crippen molar-refractivity contribution < 1.29 is 9.53 Å². The number of aromatic nitrogens is 3. The van der Waals surface area contributed by atoms with Crippen LogP contribution < -0.4 is 9.64 Å². The van der Waals surface area contributed by atoms with Crippen LogP contribution in [0.4, 0.5) is 10.6 Å². The number of ether oxygens (including phenoxy) is 1. The number of carbonyl (C=O) groups is 1. The standard InChI is InChI=1S/C25H29N5O2/c1-3-23-22(20-14-26-27-15-20)9-10-24(28-23)30-12-11-29(25(30)31)17(2)19-5-4-6-21(13-19)32-16-18-7-8-18/h4-6,9-10,13-15,17-18H,3,7-8,11-12,16H2,1-2H3,(H,26,27). The minimum Gasteiger partial charge on any atom is -0.493 e. The molecule has 1 aliphatic heterocycles. The fourth-order valence-corrected chi connectivity index (χ4v) is 4.24. The highest BCUT2D eigenvalue weighted by Crippen LogP contribution is 2.32. The number of hydrogen-bond acceptors (Lipinski definition) is 4. The first-order valence-electron chi connectivity index (χ1n) is 11.4. The van der Waals surface area contributed by atoms with Crippen molar-refractivity contribution in [2.24, 2.45) is 5.92 Å². The first-order chi connectivity index (χ1) is 15.6. The first-order valence-corrected chi connectivity index (χ1v) is 11.4. The Hall–Kier alpha value is -3.35. The molecule has 3 aromatic rings. The molecule has 1 atom stereocenters. The van der Waals surface area contributed by atoms with Crippen LogP contribution in [0.3, 0.4) is 0 Å². The minimum atomic E-state index is -0.0344. The molecule has 0 spiro atoms. The van der Waals surface area contributed by atoms with Gasteiger partial charge in [0, 0.05) is 30.4 Å². The predicted molar refractivity (Wildman–Crippen MR) is 124 cm³/mol. The first kappa shape index (κ1) is 20.5. The fourth-order valence-electron chi connectivity index (χ4n) is 4.24. The van der Waals surface area contributed by atoms with E-state index in [-0.39, 0.29) is 12.1 Å². The van der Waals surface area contributed by atoms with Gasteiger partial charge in [0.2, 0.25) is 0 Å². The number of aryl methyl sites for hydroxylation is 1. The zero-order valence-electron chi connectivity index (χ0n) is 18.6. The monoisotopic (exact) mass is 431 g/mol. The maximum absolute atomic E-state index is 13.3. The molecule has 166 valence electrons. The number of pyridine rings is 1. The van der Waals surface area contributed by atoms with E-state index in [4.69, 9.17) is 9.72 Å². The number of nitrogens with zero attached hydrogens (tertiary/aromatic N) is 4. The van der Waals surface area contributed by atoms with Gasteiger partial charge in [-0.3, -0.25) is 10.00 Å². The van der Waals surface area contributed by atoms with E-state index in [1.54, 1.807) is 11.1 Å². The molecule has 0 radical (unpaired) electrons. The molecule has 1 saturated carbocycles. The van der Waals surface area contributed by atoms with Crippen molar-refractivity contribution in [1.82, 2.24) is 20.1 Å². The number of amides is 2. The van der Waals surface area contributed by atoms with Gasteiger partial charge in [0.1, 0.15) is 11.6 Å². The smallest absolute Gasteiger partial charge is 0.326 e. The zero-order chi connectivity index (χ0) is 22.1. The van der Waals surface area contributed by atoms with Gasteiger partial charge in [0.25, 0.3) is 0 Å². The molecule has 0 bridgehead atoms. The SMILES string of the molecule is CCc1nc(N2CCN(C(C)c3cccc(OCC4CC4)c3)C2=O)ccc1-c1cn[nH]c1. The summed E-state index contributed by atoms with van der Waals surface area (Å²) in [6.45, 7) is 6.24. The Balaban J connectivity index is 1.32. The summed E-state index contributed by atoms with van der Waals surface area (Å²) >= 11 is 0. The molecule has 2 fully saturated rings. The molecule has 1 N–H and O–H groups in total. The highest BCUT2D eigenvalue weighted by atomic mass is 16.5. The van der Waals surface area contributed by atoms with E-state index in [2.05, 4.69) is 36.2 Å².